The maximum atomic E-state index is 13.2. The molecule has 2 amide bonds. The van der Waals surface area contributed by atoms with E-state index in [0.29, 0.717) is 36.5 Å². The second-order valence-electron chi connectivity index (χ2n) is 8.02. The Balaban J connectivity index is 1.28. The summed E-state index contributed by atoms with van der Waals surface area (Å²) in [4.78, 5) is 30.5. The summed E-state index contributed by atoms with van der Waals surface area (Å²) in [6.45, 7) is 4.02. The highest BCUT2D eigenvalue weighted by Crippen LogP contribution is 2.24. The molecule has 0 radical (unpaired) electrons. The van der Waals surface area contributed by atoms with E-state index in [4.69, 9.17) is 9.68 Å². The molecule has 2 heterocycles. The van der Waals surface area contributed by atoms with Gasteiger partial charge < -0.3 is 14.6 Å². The fraction of sp³-hybridized carbons (Fsp3) is 0.269. The minimum absolute atomic E-state index is 0.00267. The first-order chi connectivity index (χ1) is 16.6. The first-order valence-corrected chi connectivity index (χ1v) is 12.1. The average molecular weight is 475 g/mol. The predicted octanol–water partition coefficient (Wildman–Crippen LogP) is 3.52. The van der Waals surface area contributed by atoms with Crippen molar-refractivity contribution in [1.82, 2.24) is 15.1 Å². The number of benzene rings is 2. The van der Waals surface area contributed by atoms with Crippen molar-refractivity contribution in [2.24, 2.45) is 0 Å². The molecule has 34 heavy (non-hydrogen) atoms. The van der Waals surface area contributed by atoms with E-state index >= 15 is 0 Å². The van der Waals surface area contributed by atoms with Crippen molar-refractivity contribution in [3.05, 3.63) is 89.4 Å². The average Bonchev–Trinajstić information content (AvgIpc) is 3.41. The highest BCUT2D eigenvalue weighted by atomic mass is 32.2. The van der Waals surface area contributed by atoms with Gasteiger partial charge in [0.1, 0.15) is 5.76 Å². The number of carbonyl (C=O) groups excluding carboxylic acids is 2. The van der Waals surface area contributed by atoms with Crippen molar-refractivity contribution in [3.63, 3.8) is 0 Å². The quantitative estimate of drug-likeness (QED) is 0.503. The monoisotopic (exact) mass is 474 g/mol. The van der Waals surface area contributed by atoms with E-state index in [9.17, 15) is 9.59 Å². The number of hydrogen-bond acceptors (Lipinski definition) is 6. The number of nitrogens with one attached hydrogen (secondary N) is 1. The van der Waals surface area contributed by atoms with Crippen molar-refractivity contribution in [2.45, 2.75) is 18.0 Å². The number of rotatable bonds is 8. The summed E-state index contributed by atoms with van der Waals surface area (Å²) in [6, 6.07) is 20.8. The van der Waals surface area contributed by atoms with E-state index in [1.165, 1.54) is 11.8 Å². The van der Waals surface area contributed by atoms with Gasteiger partial charge in [0.2, 0.25) is 5.91 Å². The summed E-state index contributed by atoms with van der Waals surface area (Å²) in [5.74, 6) is 0.813. The Labute approximate surface area is 203 Å². The van der Waals surface area contributed by atoms with E-state index in [1.807, 2.05) is 59.5 Å². The lowest BCUT2D eigenvalue weighted by Gasteiger charge is -2.35. The fourth-order valence-corrected chi connectivity index (χ4v) is 4.66. The number of amides is 2. The zero-order valence-corrected chi connectivity index (χ0v) is 19.6. The van der Waals surface area contributed by atoms with Crippen LogP contribution in [0.5, 0.6) is 0 Å². The normalized spacial score (nSPS) is 13.9. The molecule has 0 aliphatic carbocycles. The molecule has 4 rings (SSSR count). The molecule has 7 nitrogen and oxygen atoms in total. The van der Waals surface area contributed by atoms with Crippen LogP contribution in [0.25, 0.3) is 0 Å². The topological polar surface area (TPSA) is 89.6 Å². The van der Waals surface area contributed by atoms with E-state index in [1.54, 1.807) is 12.3 Å². The number of piperazine rings is 1. The van der Waals surface area contributed by atoms with Gasteiger partial charge in [-0.2, -0.15) is 5.26 Å². The van der Waals surface area contributed by atoms with Crippen LogP contribution in [0, 0.1) is 11.3 Å². The Morgan fingerprint density at radius 2 is 1.76 bits per heavy atom. The first-order valence-electron chi connectivity index (χ1n) is 11.1. The molecule has 1 saturated heterocycles. The van der Waals surface area contributed by atoms with Crippen LogP contribution in [-0.2, 0) is 17.9 Å². The number of hydrogen-bond donors (Lipinski definition) is 1. The third-order valence-corrected chi connectivity index (χ3v) is 6.74. The molecule has 174 valence electrons. The third-order valence-electron chi connectivity index (χ3n) is 5.66. The number of carbonyl (C=O) groups is 2. The second kappa shape index (κ2) is 11.5. The van der Waals surface area contributed by atoms with Crippen LogP contribution in [-0.4, -0.2) is 53.5 Å². The van der Waals surface area contributed by atoms with Gasteiger partial charge in [-0.25, -0.2) is 0 Å². The van der Waals surface area contributed by atoms with Gasteiger partial charge in [-0.3, -0.25) is 14.5 Å². The largest absolute Gasteiger partial charge is 0.467 e. The van der Waals surface area contributed by atoms with Gasteiger partial charge in [-0.05, 0) is 42.0 Å². The molecule has 1 fully saturated rings. The highest BCUT2D eigenvalue weighted by Gasteiger charge is 2.24. The first kappa shape index (κ1) is 23.6. The van der Waals surface area contributed by atoms with Crippen LogP contribution in [0.15, 0.2) is 76.2 Å². The Morgan fingerprint density at radius 3 is 2.47 bits per heavy atom. The molecule has 3 aromatic rings. The van der Waals surface area contributed by atoms with Crippen molar-refractivity contribution in [1.29, 1.82) is 5.26 Å². The Kier molecular flexibility index (Phi) is 8.02. The molecule has 0 saturated carbocycles. The zero-order valence-electron chi connectivity index (χ0n) is 18.8. The number of nitriles is 1. The van der Waals surface area contributed by atoms with Crippen molar-refractivity contribution >= 4 is 23.6 Å². The van der Waals surface area contributed by atoms with Crippen molar-refractivity contribution in [2.75, 3.05) is 31.9 Å². The van der Waals surface area contributed by atoms with Crippen molar-refractivity contribution in [3.8, 4) is 6.07 Å². The number of furan rings is 1. The lowest BCUT2D eigenvalue weighted by atomic mass is 10.1. The van der Waals surface area contributed by atoms with E-state index in [2.05, 4.69) is 16.3 Å². The van der Waals surface area contributed by atoms with Gasteiger partial charge in [-0.15, -0.1) is 11.8 Å². The van der Waals surface area contributed by atoms with E-state index in [0.717, 1.165) is 30.1 Å². The second-order valence-corrected chi connectivity index (χ2v) is 9.04. The third kappa shape index (κ3) is 6.28. The van der Waals surface area contributed by atoms with E-state index in [-0.39, 0.29) is 17.6 Å². The molecule has 1 N–H and O–H groups in total. The van der Waals surface area contributed by atoms with Crippen LogP contribution in [0.3, 0.4) is 0 Å². The molecule has 0 atom stereocenters. The molecule has 2 aromatic carbocycles. The molecule has 1 aromatic heterocycles. The molecule has 1 aliphatic heterocycles. The lowest BCUT2D eigenvalue weighted by Crippen LogP contribution is -2.48. The van der Waals surface area contributed by atoms with Crippen LogP contribution >= 0.6 is 11.8 Å². The molecular weight excluding hydrogens is 448 g/mol. The maximum Gasteiger partial charge on any atom is 0.255 e. The van der Waals surface area contributed by atoms with Crippen molar-refractivity contribution < 1.29 is 14.0 Å². The summed E-state index contributed by atoms with van der Waals surface area (Å²) in [7, 11) is 0. The Hall–Kier alpha value is -3.54. The smallest absolute Gasteiger partial charge is 0.255 e. The number of thioether (sulfide) groups is 1. The summed E-state index contributed by atoms with van der Waals surface area (Å²) in [6.07, 6.45) is 1.57. The zero-order chi connectivity index (χ0) is 23.8. The summed E-state index contributed by atoms with van der Waals surface area (Å²) >= 11 is 1.37. The standard InChI is InChI=1S/C26H26N4O3S/c27-16-20-7-9-21(10-8-20)18-29-11-13-30(14-12-29)26(32)23-5-1-2-6-24(23)34-19-25(31)28-17-22-4-3-15-33-22/h1-10,15H,11-14,17-19H2,(H,28,31). The molecule has 0 spiro atoms. The molecule has 8 heteroatoms. The Bertz CT molecular complexity index is 1150. The number of nitrogens with zero attached hydrogens (tertiary/aromatic N) is 3. The van der Waals surface area contributed by atoms with Gasteiger partial charge in [0.05, 0.1) is 35.8 Å². The minimum Gasteiger partial charge on any atom is -0.467 e. The molecule has 0 bridgehead atoms. The van der Waals surface area contributed by atoms with Gasteiger partial charge in [0, 0.05) is 37.6 Å². The molecule has 1 aliphatic rings. The van der Waals surface area contributed by atoms with Gasteiger partial charge in [0.25, 0.3) is 5.91 Å². The minimum atomic E-state index is -0.111. The summed E-state index contributed by atoms with van der Waals surface area (Å²) in [5, 5.41) is 11.8. The van der Waals surface area contributed by atoms with Gasteiger partial charge in [-0.1, -0.05) is 24.3 Å². The van der Waals surface area contributed by atoms with Crippen LogP contribution in [0.2, 0.25) is 0 Å². The van der Waals surface area contributed by atoms with Gasteiger partial charge in [0.15, 0.2) is 0 Å². The molecule has 0 unspecified atom stereocenters. The van der Waals surface area contributed by atoms with Crippen LogP contribution < -0.4 is 5.32 Å². The lowest BCUT2D eigenvalue weighted by molar-refractivity contribution is -0.118. The molecular formula is C26H26N4O3S. The highest BCUT2D eigenvalue weighted by molar-refractivity contribution is 8.00. The predicted molar refractivity (Wildman–Crippen MR) is 130 cm³/mol. The summed E-state index contributed by atoms with van der Waals surface area (Å²) in [5.41, 5.74) is 2.45. The summed E-state index contributed by atoms with van der Waals surface area (Å²) < 4.78 is 5.23. The fourth-order valence-electron chi connectivity index (χ4n) is 3.78. The Morgan fingerprint density at radius 1 is 1.00 bits per heavy atom. The maximum absolute atomic E-state index is 13.2. The van der Waals surface area contributed by atoms with Crippen LogP contribution in [0.1, 0.15) is 27.2 Å². The SMILES string of the molecule is N#Cc1ccc(CN2CCN(C(=O)c3ccccc3SCC(=O)NCc3ccco3)CC2)cc1. The van der Waals surface area contributed by atoms with Crippen LogP contribution in [0.4, 0.5) is 0 Å². The van der Waals surface area contributed by atoms with Gasteiger partial charge >= 0.3 is 0 Å². The van der Waals surface area contributed by atoms with E-state index < -0.39 is 0 Å².